The number of piperazine rings is 1. The standard InChI is InChI=1S/C16H32N2O2S2/c19-12-10-17-6-8-18(9-7-17)11-14-20-13-3-1-2-4-16-5-15-21-22-16/h16,19H,1-15H2/t16-/m1/s1. The maximum Gasteiger partial charge on any atom is 0.0593 e. The normalized spacial score (nSPS) is 24.1. The van der Waals surface area contributed by atoms with Crippen molar-refractivity contribution in [2.45, 2.75) is 37.4 Å². The third-order valence-electron chi connectivity index (χ3n) is 4.48. The van der Waals surface area contributed by atoms with Crippen molar-refractivity contribution in [3.8, 4) is 0 Å². The van der Waals surface area contributed by atoms with Crippen molar-refractivity contribution in [2.75, 3.05) is 64.8 Å². The largest absolute Gasteiger partial charge is 0.395 e. The van der Waals surface area contributed by atoms with E-state index in [-0.39, 0.29) is 6.61 Å². The van der Waals surface area contributed by atoms with Gasteiger partial charge in [0.15, 0.2) is 0 Å². The molecule has 2 fully saturated rings. The number of aliphatic hydroxyl groups excluding tert-OH is 1. The van der Waals surface area contributed by atoms with Crippen LogP contribution in [-0.4, -0.2) is 85.0 Å². The third-order valence-corrected chi connectivity index (χ3v) is 7.48. The minimum atomic E-state index is 0.279. The molecule has 2 saturated heterocycles. The van der Waals surface area contributed by atoms with E-state index in [1.165, 1.54) is 37.9 Å². The van der Waals surface area contributed by atoms with E-state index in [9.17, 15) is 0 Å². The zero-order chi connectivity index (χ0) is 15.5. The Morgan fingerprint density at radius 2 is 1.73 bits per heavy atom. The summed E-state index contributed by atoms with van der Waals surface area (Å²) in [4.78, 5) is 4.81. The zero-order valence-corrected chi connectivity index (χ0v) is 15.4. The fraction of sp³-hybridized carbons (Fsp3) is 1.00. The molecule has 2 heterocycles. The van der Waals surface area contributed by atoms with Gasteiger partial charge in [-0.2, -0.15) is 0 Å². The number of β-amino-alcohol motifs (C(OH)–C–C–N with tert-alkyl or cyclic N) is 1. The highest BCUT2D eigenvalue weighted by atomic mass is 33.1. The van der Waals surface area contributed by atoms with Crippen LogP contribution in [0.15, 0.2) is 0 Å². The summed E-state index contributed by atoms with van der Waals surface area (Å²) in [7, 11) is 4.14. The molecule has 0 radical (unpaired) electrons. The van der Waals surface area contributed by atoms with E-state index in [2.05, 4.69) is 20.6 Å². The molecule has 0 aromatic carbocycles. The lowest BCUT2D eigenvalue weighted by Crippen LogP contribution is -2.47. The zero-order valence-electron chi connectivity index (χ0n) is 13.8. The summed E-state index contributed by atoms with van der Waals surface area (Å²) in [5.74, 6) is 1.35. The van der Waals surface area contributed by atoms with Crippen LogP contribution in [0.3, 0.4) is 0 Å². The molecule has 0 amide bonds. The lowest BCUT2D eigenvalue weighted by molar-refractivity contribution is 0.0686. The van der Waals surface area contributed by atoms with Gasteiger partial charge in [0.05, 0.1) is 13.2 Å². The van der Waals surface area contributed by atoms with Gasteiger partial charge in [-0.1, -0.05) is 34.4 Å². The van der Waals surface area contributed by atoms with Crippen molar-refractivity contribution in [3.63, 3.8) is 0 Å². The number of nitrogens with zero attached hydrogens (tertiary/aromatic N) is 2. The first kappa shape index (κ1) is 18.9. The van der Waals surface area contributed by atoms with Crippen molar-refractivity contribution < 1.29 is 9.84 Å². The van der Waals surface area contributed by atoms with E-state index in [0.717, 1.165) is 57.7 Å². The fourth-order valence-corrected chi connectivity index (χ4v) is 6.02. The lowest BCUT2D eigenvalue weighted by atomic mass is 10.1. The highest BCUT2D eigenvalue weighted by molar-refractivity contribution is 8.77. The Hall–Kier alpha value is 0.540. The van der Waals surface area contributed by atoms with E-state index in [4.69, 9.17) is 9.84 Å². The molecule has 0 aliphatic carbocycles. The Kier molecular flexibility index (Phi) is 10.3. The number of aliphatic hydroxyl groups is 1. The quantitative estimate of drug-likeness (QED) is 0.456. The molecule has 2 aliphatic heterocycles. The molecule has 0 aromatic rings. The van der Waals surface area contributed by atoms with E-state index in [1.807, 2.05) is 10.8 Å². The predicted octanol–water partition coefficient (Wildman–Crippen LogP) is 2.33. The van der Waals surface area contributed by atoms with Crippen molar-refractivity contribution in [3.05, 3.63) is 0 Å². The van der Waals surface area contributed by atoms with E-state index in [0.29, 0.717) is 0 Å². The van der Waals surface area contributed by atoms with Crippen LogP contribution in [-0.2, 0) is 4.74 Å². The lowest BCUT2D eigenvalue weighted by Gasteiger charge is -2.34. The molecular weight excluding hydrogens is 316 g/mol. The molecule has 0 spiro atoms. The summed E-state index contributed by atoms with van der Waals surface area (Å²) < 4.78 is 5.78. The first-order valence-corrected chi connectivity index (χ1v) is 11.2. The molecule has 130 valence electrons. The first-order chi connectivity index (χ1) is 10.9. The van der Waals surface area contributed by atoms with Gasteiger partial charge in [-0.3, -0.25) is 9.80 Å². The van der Waals surface area contributed by atoms with Gasteiger partial charge in [0.25, 0.3) is 0 Å². The molecule has 2 rings (SSSR count). The van der Waals surface area contributed by atoms with Crippen LogP contribution in [0, 0.1) is 0 Å². The Morgan fingerprint density at radius 1 is 0.955 bits per heavy atom. The maximum atomic E-state index is 8.93. The average molecular weight is 349 g/mol. The van der Waals surface area contributed by atoms with Crippen LogP contribution >= 0.6 is 21.6 Å². The molecule has 22 heavy (non-hydrogen) atoms. The van der Waals surface area contributed by atoms with Gasteiger partial charge in [-0.15, -0.1) is 0 Å². The van der Waals surface area contributed by atoms with Gasteiger partial charge >= 0.3 is 0 Å². The maximum absolute atomic E-state index is 8.93. The Morgan fingerprint density at radius 3 is 2.41 bits per heavy atom. The number of hydrogen-bond acceptors (Lipinski definition) is 6. The smallest absolute Gasteiger partial charge is 0.0593 e. The van der Waals surface area contributed by atoms with Crippen molar-refractivity contribution in [1.29, 1.82) is 0 Å². The second-order valence-corrected chi connectivity index (χ2v) is 8.99. The minimum absolute atomic E-state index is 0.279. The van der Waals surface area contributed by atoms with Crippen LogP contribution in [0.1, 0.15) is 32.1 Å². The van der Waals surface area contributed by atoms with Crippen LogP contribution in [0.4, 0.5) is 0 Å². The fourth-order valence-electron chi connectivity index (χ4n) is 2.99. The van der Waals surface area contributed by atoms with Gasteiger partial charge in [0.2, 0.25) is 0 Å². The van der Waals surface area contributed by atoms with Gasteiger partial charge < -0.3 is 9.84 Å². The molecule has 4 nitrogen and oxygen atoms in total. The molecular formula is C16H32N2O2S2. The summed E-state index contributed by atoms with van der Waals surface area (Å²) >= 11 is 0. The molecule has 0 saturated carbocycles. The summed E-state index contributed by atoms with van der Waals surface area (Å²) in [6, 6.07) is 0. The second kappa shape index (κ2) is 12.0. The monoisotopic (exact) mass is 348 g/mol. The molecule has 6 heteroatoms. The average Bonchev–Trinajstić information content (AvgIpc) is 3.05. The van der Waals surface area contributed by atoms with Gasteiger partial charge in [0.1, 0.15) is 0 Å². The number of hydrogen-bond donors (Lipinski definition) is 1. The number of unbranched alkanes of at least 4 members (excludes halogenated alkanes) is 2. The van der Waals surface area contributed by atoms with E-state index in [1.54, 1.807) is 0 Å². The molecule has 0 unspecified atom stereocenters. The first-order valence-electron chi connectivity index (χ1n) is 8.80. The summed E-state index contributed by atoms with van der Waals surface area (Å²) in [6.45, 7) is 8.34. The van der Waals surface area contributed by atoms with Crippen LogP contribution < -0.4 is 0 Å². The summed E-state index contributed by atoms with van der Waals surface area (Å²) in [5, 5.41) is 9.86. The number of rotatable bonds is 11. The molecule has 0 aromatic heterocycles. The number of ether oxygens (including phenoxy) is 1. The third kappa shape index (κ3) is 7.88. The van der Waals surface area contributed by atoms with Gasteiger partial charge in [0, 0.05) is 56.9 Å². The van der Waals surface area contributed by atoms with Crippen molar-refractivity contribution in [1.82, 2.24) is 9.80 Å². The summed E-state index contributed by atoms with van der Waals surface area (Å²) in [5.41, 5.74) is 0. The predicted molar refractivity (Wildman–Crippen MR) is 97.7 cm³/mol. The molecule has 1 atom stereocenters. The van der Waals surface area contributed by atoms with E-state index >= 15 is 0 Å². The Labute approximate surface area is 143 Å². The second-order valence-electron chi connectivity index (χ2n) is 6.20. The molecule has 2 aliphatic rings. The van der Waals surface area contributed by atoms with Crippen LogP contribution in [0.2, 0.25) is 0 Å². The van der Waals surface area contributed by atoms with Crippen molar-refractivity contribution in [2.24, 2.45) is 0 Å². The van der Waals surface area contributed by atoms with Gasteiger partial charge in [-0.05, 0) is 19.3 Å². The van der Waals surface area contributed by atoms with Crippen molar-refractivity contribution >= 4 is 21.6 Å². The van der Waals surface area contributed by atoms with Crippen LogP contribution in [0.25, 0.3) is 0 Å². The Bertz CT molecular complexity index is 271. The summed E-state index contributed by atoms with van der Waals surface area (Å²) in [6.07, 6.45) is 6.72. The minimum Gasteiger partial charge on any atom is -0.395 e. The molecule has 1 N–H and O–H groups in total. The van der Waals surface area contributed by atoms with E-state index < -0.39 is 0 Å². The highest BCUT2D eigenvalue weighted by Crippen LogP contribution is 2.39. The SMILES string of the molecule is OCCN1CCN(CCOCCCCC[C@@H]2CCSS2)CC1. The Balaban J connectivity index is 1.34. The van der Waals surface area contributed by atoms with Crippen LogP contribution in [0.5, 0.6) is 0 Å². The topological polar surface area (TPSA) is 35.9 Å². The van der Waals surface area contributed by atoms with Gasteiger partial charge in [-0.25, -0.2) is 0 Å². The highest BCUT2D eigenvalue weighted by Gasteiger charge is 2.16. The molecule has 0 bridgehead atoms.